The molecule has 0 saturated carbocycles. The SMILES string of the molecule is On1ncc(C2CCNCC2)c1-c1cccc(-c2ccccc2)c1.On1ncc(C2CCNCC2)c1-c1ccccc1. The van der Waals surface area contributed by atoms with Gasteiger partial charge in [-0.1, -0.05) is 78.9 Å². The third-order valence-corrected chi connectivity index (χ3v) is 8.41. The normalized spacial score (nSPS) is 16.1. The Morgan fingerprint density at radius 1 is 0.524 bits per heavy atom. The van der Waals surface area contributed by atoms with Crippen molar-refractivity contribution in [1.29, 1.82) is 0 Å². The van der Waals surface area contributed by atoms with Crippen LogP contribution in [-0.2, 0) is 0 Å². The zero-order valence-electron chi connectivity index (χ0n) is 23.7. The molecule has 0 amide bonds. The largest absolute Gasteiger partial charge is 0.411 e. The average Bonchev–Trinajstić information content (AvgIpc) is 3.65. The maximum atomic E-state index is 10.3. The van der Waals surface area contributed by atoms with E-state index in [1.807, 2.05) is 66.9 Å². The van der Waals surface area contributed by atoms with Gasteiger partial charge in [-0.05, 0) is 80.9 Å². The molecule has 0 spiro atoms. The minimum atomic E-state index is 0.447. The molecular formula is C34H38N6O2. The van der Waals surface area contributed by atoms with Crippen LogP contribution in [0.5, 0.6) is 0 Å². The van der Waals surface area contributed by atoms with Crippen molar-refractivity contribution in [3.8, 4) is 33.6 Å². The number of nitrogens with zero attached hydrogens (tertiary/aromatic N) is 4. The van der Waals surface area contributed by atoms with Crippen molar-refractivity contribution in [2.45, 2.75) is 37.5 Å². The van der Waals surface area contributed by atoms with Crippen molar-refractivity contribution in [2.75, 3.05) is 26.2 Å². The Hall–Kier alpha value is -4.40. The zero-order valence-corrected chi connectivity index (χ0v) is 23.7. The van der Waals surface area contributed by atoms with Crippen LogP contribution < -0.4 is 10.6 Å². The van der Waals surface area contributed by atoms with Gasteiger partial charge in [-0.2, -0.15) is 0 Å². The van der Waals surface area contributed by atoms with Gasteiger partial charge in [-0.3, -0.25) is 0 Å². The van der Waals surface area contributed by atoms with Crippen LogP contribution in [0.3, 0.4) is 0 Å². The van der Waals surface area contributed by atoms with Gasteiger partial charge in [-0.15, -0.1) is 19.9 Å². The Morgan fingerprint density at radius 3 is 1.48 bits per heavy atom. The number of hydrogen-bond donors (Lipinski definition) is 4. The van der Waals surface area contributed by atoms with Gasteiger partial charge >= 0.3 is 0 Å². The van der Waals surface area contributed by atoms with Crippen molar-refractivity contribution in [3.05, 3.63) is 108 Å². The molecule has 5 aromatic rings. The van der Waals surface area contributed by atoms with Crippen molar-refractivity contribution in [1.82, 2.24) is 30.5 Å². The number of rotatable bonds is 5. The first-order valence-corrected chi connectivity index (χ1v) is 14.9. The molecule has 0 atom stereocenters. The maximum absolute atomic E-state index is 10.3. The van der Waals surface area contributed by atoms with E-state index in [4.69, 9.17) is 0 Å². The van der Waals surface area contributed by atoms with Crippen LogP contribution in [0.1, 0.15) is 48.6 Å². The first-order valence-electron chi connectivity index (χ1n) is 14.9. The fraction of sp³-hybridized carbons (Fsp3) is 0.294. The number of hydrogen-bond acceptors (Lipinski definition) is 6. The summed E-state index contributed by atoms with van der Waals surface area (Å²) in [5, 5.41) is 35.1. The first kappa shape index (κ1) is 27.8. The van der Waals surface area contributed by atoms with E-state index < -0.39 is 0 Å². The molecule has 8 heteroatoms. The van der Waals surface area contributed by atoms with Crippen LogP contribution in [0.25, 0.3) is 33.6 Å². The van der Waals surface area contributed by atoms with Gasteiger partial charge in [0.15, 0.2) is 0 Å². The van der Waals surface area contributed by atoms with Crippen LogP contribution in [-0.4, -0.2) is 56.5 Å². The third-order valence-electron chi connectivity index (χ3n) is 8.41. The summed E-state index contributed by atoms with van der Waals surface area (Å²) in [6, 6.07) is 28.6. The van der Waals surface area contributed by atoms with Gasteiger partial charge in [0.2, 0.25) is 0 Å². The summed E-state index contributed by atoms with van der Waals surface area (Å²) in [5.74, 6) is 0.935. The fourth-order valence-electron chi connectivity index (χ4n) is 6.20. The highest BCUT2D eigenvalue weighted by molar-refractivity contribution is 5.73. The summed E-state index contributed by atoms with van der Waals surface area (Å²) in [7, 11) is 0. The molecule has 0 radical (unpaired) electrons. The van der Waals surface area contributed by atoms with Crippen LogP contribution >= 0.6 is 0 Å². The van der Waals surface area contributed by atoms with Gasteiger partial charge in [0.1, 0.15) is 11.4 Å². The molecule has 2 aliphatic heterocycles. The summed E-state index contributed by atoms with van der Waals surface area (Å²) < 4.78 is 0. The van der Waals surface area contributed by atoms with Crippen LogP contribution in [0.4, 0.5) is 0 Å². The molecule has 2 aliphatic rings. The van der Waals surface area contributed by atoms with Gasteiger partial charge in [0.25, 0.3) is 0 Å². The highest BCUT2D eigenvalue weighted by Gasteiger charge is 2.24. The van der Waals surface area contributed by atoms with E-state index >= 15 is 0 Å². The van der Waals surface area contributed by atoms with E-state index in [2.05, 4.69) is 45.1 Å². The Kier molecular flexibility index (Phi) is 8.63. The summed E-state index contributed by atoms with van der Waals surface area (Å²) >= 11 is 0. The predicted octanol–water partition coefficient (Wildman–Crippen LogP) is 6.18. The molecule has 216 valence electrons. The number of aromatic nitrogens is 4. The minimum Gasteiger partial charge on any atom is -0.411 e. The summed E-state index contributed by atoms with van der Waals surface area (Å²) in [4.78, 5) is 2.04. The first-order chi connectivity index (χ1) is 20.7. The average molecular weight is 563 g/mol. The molecule has 0 bridgehead atoms. The molecule has 4 heterocycles. The van der Waals surface area contributed by atoms with Crippen molar-refractivity contribution in [3.63, 3.8) is 0 Å². The number of nitrogens with one attached hydrogen (secondary N) is 2. The highest BCUT2D eigenvalue weighted by Crippen LogP contribution is 2.35. The Morgan fingerprint density at radius 2 is 0.952 bits per heavy atom. The van der Waals surface area contributed by atoms with E-state index in [-0.39, 0.29) is 0 Å². The number of piperidine rings is 2. The van der Waals surface area contributed by atoms with Gasteiger partial charge in [-0.25, -0.2) is 0 Å². The van der Waals surface area contributed by atoms with Gasteiger partial charge in [0.05, 0.1) is 12.4 Å². The lowest BCUT2D eigenvalue weighted by atomic mass is 9.88. The molecule has 2 aromatic heterocycles. The minimum absolute atomic E-state index is 0.447. The second kappa shape index (κ2) is 13.1. The molecule has 42 heavy (non-hydrogen) atoms. The van der Waals surface area contributed by atoms with Gasteiger partial charge in [0, 0.05) is 22.3 Å². The molecule has 7 rings (SSSR count). The molecule has 2 fully saturated rings. The van der Waals surface area contributed by atoms with E-state index in [1.54, 1.807) is 6.20 Å². The smallest absolute Gasteiger partial charge is 0.113 e. The van der Waals surface area contributed by atoms with E-state index in [0.717, 1.165) is 101 Å². The molecular weight excluding hydrogens is 524 g/mol. The van der Waals surface area contributed by atoms with Crippen LogP contribution in [0.2, 0.25) is 0 Å². The lowest BCUT2D eigenvalue weighted by Gasteiger charge is -2.22. The number of benzene rings is 3. The Balaban J connectivity index is 0.000000157. The van der Waals surface area contributed by atoms with Crippen molar-refractivity contribution < 1.29 is 10.4 Å². The molecule has 3 aromatic carbocycles. The fourth-order valence-corrected chi connectivity index (χ4v) is 6.20. The van der Waals surface area contributed by atoms with E-state index in [1.165, 1.54) is 5.56 Å². The highest BCUT2D eigenvalue weighted by atomic mass is 16.5. The molecule has 0 aliphatic carbocycles. The quantitative estimate of drug-likeness (QED) is 0.191. The standard InChI is InChI=1S/C20H21N3O.C14H17N3O/c24-23-20(19(14-22-23)16-9-11-21-12-10-16)18-8-4-7-17(13-18)15-5-2-1-3-6-15;18-17-14(12-4-2-1-3-5-12)13(10-16-17)11-6-8-15-9-7-11/h1-8,13-14,16,21,24H,9-12H2;1-5,10-11,15,18H,6-9H2. The lowest BCUT2D eigenvalue weighted by molar-refractivity contribution is 0.153. The molecule has 4 N–H and O–H groups in total. The molecule has 2 saturated heterocycles. The lowest BCUT2D eigenvalue weighted by Crippen LogP contribution is -2.26. The van der Waals surface area contributed by atoms with Crippen LogP contribution in [0, 0.1) is 0 Å². The second-order valence-corrected chi connectivity index (χ2v) is 11.0. The predicted molar refractivity (Wildman–Crippen MR) is 165 cm³/mol. The van der Waals surface area contributed by atoms with Crippen molar-refractivity contribution in [2.24, 2.45) is 0 Å². The van der Waals surface area contributed by atoms with Crippen molar-refractivity contribution >= 4 is 0 Å². The van der Waals surface area contributed by atoms with E-state index in [9.17, 15) is 10.4 Å². The van der Waals surface area contributed by atoms with Crippen LogP contribution in [0.15, 0.2) is 97.3 Å². The Bertz CT molecular complexity index is 1570. The molecule has 8 nitrogen and oxygen atoms in total. The summed E-state index contributed by atoms with van der Waals surface area (Å²) in [5.41, 5.74) is 8.30. The Labute approximate surface area is 246 Å². The summed E-state index contributed by atoms with van der Waals surface area (Å²) in [6.45, 7) is 4.11. The summed E-state index contributed by atoms with van der Waals surface area (Å²) in [6.07, 6.45) is 7.99. The maximum Gasteiger partial charge on any atom is 0.113 e. The molecule has 0 unspecified atom stereocenters. The zero-order chi connectivity index (χ0) is 28.7. The monoisotopic (exact) mass is 562 g/mol. The second-order valence-electron chi connectivity index (χ2n) is 11.0. The van der Waals surface area contributed by atoms with Gasteiger partial charge < -0.3 is 21.0 Å². The topological polar surface area (TPSA) is 100 Å². The third kappa shape index (κ3) is 6.10. The van der Waals surface area contributed by atoms with E-state index in [0.29, 0.717) is 11.8 Å².